The topological polar surface area (TPSA) is 20.3 Å². The molecule has 142 valence electrons. The number of benzene rings is 1. The molecular weight excluding hydrogens is 326 g/mol. The van der Waals surface area contributed by atoms with E-state index in [1.165, 1.54) is 36.0 Å². The molecule has 2 nitrogen and oxygen atoms in total. The number of hydrogen-bond donors (Lipinski definition) is 0. The maximum absolute atomic E-state index is 13.5. The Bertz CT molecular complexity index is 577. The zero-order valence-electron chi connectivity index (χ0n) is 17.3. The Balaban J connectivity index is 2.44. The smallest absolute Gasteiger partial charge is 0.0551 e. The van der Waals surface area contributed by atoms with Crippen LogP contribution < -0.4 is 0 Å². The lowest BCUT2D eigenvalue weighted by Crippen LogP contribution is -2.40. The fourth-order valence-corrected chi connectivity index (χ4v) is 5.82. The maximum atomic E-state index is 13.5. The highest BCUT2D eigenvalue weighted by Gasteiger charge is 2.26. The molecule has 1 saturated heterocycles. The van der Waals surface area contributed by atoms with Gasteiger partial charge in [-0.25, -0.2) is 0 Å². The second-order valence-corrected chi connectivity index (χ2v) is 10.1. The van der Waals surface area contributed by atoms with E-state index in [0.29, 0.717) is 23.8 Å². The SMILES string of the molecule is CC(C)c1cc(C(C)C)c(S(=O)C[C@@H]2CCCCN2C)c(C(C)C)c1. The van der Waals surface area contributed by atoms with Gasteiger partial charge in [-0.3, -0.25) is 4.21 Å². The highest BCUT2D eigenvalue weighted by Crippen LogP contribution is 2.35. The summed E-state index contributed by atoms with van der Waals surface area (Å²) in [4.78, 5) is 3.54. The molecule has 0 radical (unpaired) electrons. The number of likely N-dealkylation sites (tertiary alicyclic amines) is 1. The van der Waals surface area contributed by atoms with E-state index in [1.807, 2.05) is 0 Å². The summed E-state index contributed by atoms with van der Waals surface area (Å²) in [6.45, 7) is 14.6. The van der Waals surface area contributed by atoms with E-state index >= 15 is 0 Å². The quantitative estimate of drug-likeness (QED) is 0.651. The van der Waals surface area contributed by atoms with Crippen molar-refractivity contribution in [3.63, 3.8) is 0 Å². The monoisotopic (exact) mass is 363 g/mol. The predicted octanol–water partition coefficient (Wildman–Crippen LogP) is 5.65. The third-order valence-electron chi connectivity index (χ3n) is 5.57. The standard InChI is InChI=1S/C22H37NOS/c1-15(2)18-12-20(16(3)4)22(21(13-18)17(5)6)25(24)14-19-10-8-9-11-23(19)7/h12-13,15-17,19H,8-11,14H2,1-7H3/t19-,25?/m0/s1. The molecule has 0 saturated carbocycles. The first-order valence-corrected chi connectivity index (χ1v) is 11.3. The van der Waals surface area contributed by atoms with E-state index in [2.05, 4.69) is 65.6 Å². The van der Waals surface area contributed by atoms with Crippen molar-refractivity contribution in [1.29, 1.82) is 0 Å². The first-order chi connectivity index (χ1) is 11.7. The van der Waals surface area contributed by atoms with Crippen LogP contribution in [0.5, 0.6) is 0 Å². The molecule has 1 unspecified atom stereocenters. The highest BCUT2D eigenvalue weighted by atomic mass is 32.2. The van der Waals surface area contributed by atoms with E-state index in [0.717, 1.165) is 17.2 Å². The fraction of sp³-hybridized carbons (Fsp3) is 0.727. The molecule has 1 aliphatic rings. The van der Waals surface area contributed by atoms with Crippen molar-refractivity contribution in [3.8, 4) is 0 Å². The fourth-order valence-electron chi connectivity index (χ4n) is 3.77. The Morgan fingerprint density at radius 1 is 1.00 bits per heavy atom. The predicted molar refractivity (Wildman–Crippen MR) is 110 cm³/mol. The molecule has 2 atom stereocenters. The van der Waals surface area contributed by atoms with Crippen molar-refractivity contribution in [3.05, 3.63) is 28.8 Å². The van der Waals surface area contributed by atoms with E-state index in [4.69, 9.17) is 0 Å². The lowest BCUT2D eigenvalue weighted by molar-refractivity contribution is 0.203. The molecule has 1 aromatic carbocycles. The average molecular weight is 364 g/mol. The van der Waals surface area contributed by atoms with E-state index in [1.54, 1.807) is 0 Å². The second kappa shape index (κ2) is 8.81. The van der Waals surface area contributed by atoms with Gasteiger partial charge in [0.05, 0.1) is 10.8 Å². The van der Waals surface area contributed by atoms with Gasteiger partial charge in [0.25, 0.3) is 0 Å². The summed E-state index contributed by atoms with van der Waals surface area (Å²) in [5.41, 5.74) is 3.97. The molecule has 1 heterocycles. The summed E-state index contributed by atoms with van der Waals surface area (Å²) < 4.78 is 13.5. The van der Waals surface area contributed by atoms with Gasteiger partial charge in [-0.15, -0.1) is 0 Å². The van der Waals surface area contributed by atoms with E-state index in [-0.39, 0.29) is 0 Å². The second-order valence-electron chi connectivity index (χ2n) is 8.63. The van der Waals surface area contributed by atoms with E-state index in [9.17, 15) is 4.21 Å². The van der Waals surface area contributed by atoms with Crippen molar-refractivity contribution in [2.24, 2.45) is 0 Å². The third kappa shape index (κ3) is 4.95. The first kappa shape index (κ1) is 20.6. The van der Waals surface area contributed by atoms with Crippen LogP contribution in [0.15, 0.2) is 17.0 Å². The first-order valence-electron chi connectivity index (χ1n) is 9.98. The molecule has 0 amide bonds. The van der Waals surface area contributed by atoms with Gasteiger partial charge < -0.3 is 4.90 Å². The number of piperidine rings is 1. The van der Waals surface area contributed by atoms with E-state index < -0.39 is 10.8 Å². The molecule has 0 aliphatic carbocycles. The van der Waals surface area contributed by atoms with Crippen LogP contribution in [0.25, 0.3) is 0 Å². The van der Waals surface area contributed by atoms with Crippen LogP contribution in [-0.4, -0.2) is 34.5 Å². The van der Waals surface area contributed by atoms with Crippen molar-refractivity contribution in [1.82, 2.24) is 4.90 Å². The van der Waals surface area contributed by atoms with Crippen molar-refractivity contribution in [2.75, 3.05) is 19.3 Å². The molecule has 0 N–H and O–H groups in total. The van der Waals surface area contributed by atoms with Crippen LogP contribution in [-0.2, 0) is 10.8 Å². The van der Waals surface area contributed by atoms with Gasteiger partial charge in [0.2, 0.25) is 0 Å². The summed E-state index contributed by atoms with van der Waals surface area (Å²) in [6, 6.07) is 5.09. The molecule has 1 fully saturated rings. The molecule has 3 heteroatoms. The maximum Gasteiger partial charge on any atom is 0.0551 e. The minimum atomic E-state index is -0.929. The Hall–Kier alpha value is -0.670. The van der Waals surface area contributed by atoms with Crippen LogP contribution >= 0.6 is 0 Å². The van der Waals surface area contributed by atoms with Crippen LogP contribution in [0, 0.1) is 0 Å². The molecule has 0 aromatic heterocycles. The molecule has 25 heavy (non-hydrogen) atoms. The normalized spacial score (nSPS) is 20.6. The van der Waals surface area contributed by atoms with Gasteiger partial charge in [-0.05, 0) is 60.9 Å². The minimum Gasteiger partial charge on any atom is -0.302 e. The van der Waals surface area contributed by atoms with Crippen LogP contribution in [0.2, 0.25) is 0 Å². The number of rotatable bonds is 6. The lowest BCUT2D eigenvalue weighted by atomic mass is 9.89. The summed E-state index contributed by atoms with van der Waals surface area (Å²) in [6.07, 6.45) is 3.73. The van der Waals surface area contributed by atoms with Crippen molar-refractivity contribution >= 4 is 10.8 Å². The molecule has 1 aliphatic heterocycles. The highest BCUT2D eigenvalue weighted by molar-refractivity contribution is 7.85. The number of hydrogen-bond acceptors (Lipinski definition) is 2. The molecule has 2 rings (SSSR count). The van der Waals surface area contributed by atoms with Gasteiger partial charge >= 0.3 is 0 Å². The van der Waals surface area contributed by atoms with Crippen LogP contribution in [0.3, 0.4) is 0 Å². The Labute approximate surface area is 157 Å². The molecule has 1 aromatic rings. The third-order valence-corrected chi connectivity index (χ3v) is 7.19. The van der Waals surface area contributed by atoms with Crippen molar-refractivity contribution < 1.29 is 4.21 Å². The van der Waals surface area contributed by atoms with Gasteiger partial charge in [-0.1, -0.05) is 60.1 Å². The summed E-state index contributed by atoms with van der Waals surface area (Å²) in [5, 5.41) is 0. The average Bonchev–Trinajstić information content (AvgIpc) is 2.55. The lowest BCUT2D eigenvalue weighted by Gasteiger charge is -2.32. The molecular formula is C22H37NOS. The Kier molecular flexibility index (Phi) is 7.28. The largest absolute Gasteiger partial charge is 0.302 e. The van der Waals surface area contributed by atoms with Crippen LogP contribution in [0.4, 0.5) is 0 Å². The Morgan fingerprint density at radius 2 is 1.56 bits per heavy atom. The zero-order valence-corrected chi connectivity index (χ0v) is 18.1. The summed E-state index contributed by atoms with van der Waals surface area (Å²) in [5.74, 6) is 2.08. The molecule has 0 spiro atoms. The van der Waals surface area contributed by atoms with Gasteiger partial charge in [0.1, 0.15) is 0 Å². The van der Waals surface area contributed by atoms with Gasteiger partial charge in [-0.2, -0.15) is 0 Å². The Morgan fingerprint density at radius 3 is 2.00 bits per heavy atom. The van der Waals surface area contributed by atoms with Crippen molar-refractivity contribution in [2.45, 2.75) is 89.5 Å². The summed E-state index contributed by atoms with van der Waals surface area (Å²) in [7, 11) is 1.26. The van der Waals surface area contributed by atoms with Gasteiger partial charge in [0.15, 0.2) is 0 Å². The van der Waals surface area contributed by atoms with Gasteiger partial charge in [0, 0.05) is 16.7 Å². The minimum absolute atomic E-state index is 0.402. The zero-order chi connectivity index (χ0) is 18.7. The molecule has 0 bridgehead atoms. The number of nitrogens with zero attached hydrogens (tertiary/aromatic N) is 1. The summed E-state index contributed by atoms with van der Waals surface area (Å²) >= 11 is 0. The van der Waals surface area contributed by atoms with Crippen LogP contribution in [0.1, 0.15) is 95.2 Å².